The third kappa shape index (κ3) is 16.8. The summed E-state index contributed by atoms with van der Waals surface area (Å²) >= 11 is 0. The van der Waals surface area contributed by atoms with Gasteiger partial charge in [-0.1, -0.05) is 44.2 Å². The fourth-order valence-electron chi connectivity index (χ4n) is 11.0. The first-order chi connectivity index (χ1) is 46.6. The molecule has 0 spiro atoms. The molecule has 3 aromatic carbocycles. The topological polar surface area (TPSA) is 355 Å². The van der Waals surface area contributed by atoms with Gasteiger partial charge in [-0.2, -0.15) is 25.3 Å². The molecule has 98 heavy (non-hydrogen) atoms. The lowest BCUT2D eigenvalue weighted by molar-refractivity contribution is 0.140. The molecule has 0 saturated carbocycles. The number of hydrogen-bond acceptors (Lipinski definition) is 19. The Bertz CT molecular complexity index is 4940. The van der Waals surface area contributed by atoms with Crippen LogP contribution in [0.2, 0.25) is 0 Å². The standard InChI is InChI=1S/C23H24N6O3S.C21H19F2N5O4S.C21H19F2N5O3S/c1-13(2)18-9-14(3)10-19(17-7-8-25-20(12-17)24-6)21(18)28-22(30)29-33(31,32)23-26-15(4)11-16(5)27-23;1-32-16-11-13(7-8-24-16)15-6-5-12-3-2-4-14(12)17(15)27-21(29)28-33(30,31)20-18(19(22)23)25-9-10-26-20;1-12-11-16(13-5-7-24-8-6-13)17(15-4-2-3-14(12)15)27-21(29)28-32(30,31)20-18(19(22)23)25-9-10-26-20/h7-13H,1-5H3,(H2,28,29,30);5-11,19H,2-4H2,1H3,(H2,27,28,29);5-11,19H,2-4H2,1H3,(H2,27,28,29). The zero-order chi connectivity index (χ0) is 70.8. The number of carbonyl (C=O) groups is 3. The van der Waals surface area contributed by atoms with Crippen molar-refractivity contribution in [2.24, 2.45) is 0 Å². The first-order valence-electron chi connectivity index (χ1n) is 29.8. The number of rotatable bonds is 16. The van der Waals surface area contributed by atoms with Crippen molar-refractivity contribution in [2.45, 2.75) is 114 Å². The minimum Gasteiger partial charge on any atom is -0.481 e. The second-order valence-electron chi connectivity index (χ2n) is 22.4. The molecule has 508 valence electrons. The lowest BCUT2D eigenvalue weighted by Crippen LogP contribution is -2.36. The van der Waals surface area contributed by atoms with E-state index in [9.17, 15) is 57.2 Å². The molecule has 0 fully saturated rings. The number of carbonyl (C=O) groups excluding carboxylic acids is 3. The summed E-state index contributed by atoms with van der Waals surface area (Å²) in [5.41, 5.74) is 11.2. The molecule has 9 aromatic rings. The van der Waals surface area contributed by atoms with Gasteiger partial charge in [-0.3, -0.25) is 15.0 Å². The van der Waals surface area contributed by atoms with Crippen LogP contribution in [-0.2, 0) is 55.8 Å². The number of fused-ring (bicyclic) bond motifs is 2. The average Bonchev–Trinajstić information content (AvgIpc) is 1.11. The van der Waals surface area contributed by atoms with Crippen LogP contribution in [0.15, 0.2) is 138 Å². The Morgan fingerprint density at radius 3 is 1.59 bits per heavy atom. The van der Waals surface area contributed by atoms with Crippen LogP contribution < -0.4 is 34.9 Å². The summed E-state index contributed by atoms with van der Waals surface area (Å²) in [7, 11) is -12.2. The highest BCUT2D eigenvalue weighted by atomic mass is 32.2. The van der Waals surface area contributed by atoms with Gasteiger partial charge in [-0.25, -0.2) is 71.0 Å². The Morgan fingerprint density at radius 2 is 1.02 bits per heavy atom. The minimum absolute atomic E-state index is 0.0282. The number of aryl methyl sites for hydroxylation is 5. The molecule has 0 unspecified atom stereocenters. The average molecular weight is 1400 g/mol. The SMILES string of the molecule is COc1cc(-c2ccc3c(c2NC(=O)NS(=O)(=O)c2nccnc2C(F)F)CCC3)ccn1.Cc1cc(-c2ccncc2)c(NC(=O)NS(=O)(=O)c2nccnc2C(F)F)c2c1CCC2.[C-]#[N+]c1cc(-c2cc(C)cc(C(C)C)c2NC(=O)NS(=O)(=O)c2nc(C)cc(C)n2)ccn1. The highest BCUT2D eigenvalue weighted by Crippen LogP contribution is 2.42. The number of hydrogen-bond donors (Lipinski definition) is 6. The number of urea groups is 3. The summed E-state index contributed by atoms with van der Waals surface area (Å²) in [6.07, 6.45) is 8.64. The van der Waals surface area contributed by atoms with Crippen LogP contribution in [0.1, 0.15) is 107 Å². The summed E-state index contributed by atoms with van der Waals surface area (Å²) in [5, 5.41) is 5.45. The number of pyridine rings is 3. The number of anilines is 3. The molecule has 0 radical (unpaired) electrons. The smallest absolute Gasteiger partial charge is 0.333 e. The van der Waals surface area contributed by atoms with Crippen LogP contribution >= 0.6 is 0 Å². The highest BCUT2D eigenvalue weighted by molar-refractivity contribution is 7.90. The summed E-state index contributed by atoms with van der Waals surface area (Å²) < 4.78 is 139. The van der Waals surface area contributed by atoms with E-state index in [-0.39, 0.29) is 11.7 Å². The lowest BCUT2D eigenvalue weighted by Gasteiger charge is -2.20. The summed E-state index contributed by atoms with van der Waals surface area (Å²) in [4.78, 5) is 75.3. The maximum absolute atomic E-state index is 13.2. The minimum atomic E-state index is -4.70. The van der Waals surface area contributed by atoms with E-state index >= 15 is 0 Å². The van der Waals surface area contributed by atoms with Crippen molar-refractivity contribution in [2.75, 3.05) is 23.1 Å². The van der Waals surface area contributed by atoms with E-state index in [4.69, 9.17) is 11.3 Å². The van der Waals surface area contributed by atoms with Crippen molar-refractivity contribution in [1.29, 1.82) is 0 Å². The molecule has 6 heterocycles. The fraction of sp³-hybridized carbons (Fsp3) is 0.246. The van der Waals surface area contributed by atoms with Gasteiger partial charge in [0.2, 0.25) is 15.9 Å². The van der Waals surface area contributed by atoms with Crippen LogP contribution in [0.3, 0.4) is 0 Å². The van der Waals surface area contributed by atoms with Crippen LogP contribution in [0.25, 0.3) is 38.2 Å². The van der Waals surface area contributed by atoms with Crippen molar-refractivity contribution in [3.63, 3.8) is 0 Å². The predicted octanol–water partition coefficient (Wildman–Crippen LogP) is 11.9. The maximum Gasteiger partial charge on any atom is 0.333 e. The Morgan fingerprint density at radius 1 is 0.520 bits per heavy atom. The molecule has 6 amide bonds. The summed E-state index contributed by atoms with van der Waals surface area (Å²) in [6, 6.07) is 18.4. The highest BCUT2D eigenvalue weighted by Gasteiger charge is 2.32. The van der Waals surface area contributed by atoms with E-state index < -0.39 is 87.6 Å². The number of ether oxygens (including phenoxy) is 1. The number of methoxy groups -OCH3 is 1. The van der Waals surface area contributed by atoms with Gasteiger partial charge in [0.15, 0.2) is 0 Å². The molecule has 2 aliphatic rings. The van der Waals surface area contributed by atoms with Gasteiger partial charge in [-0.05, 0) is 171 Å². The van der Waals surface area contributed by atoms with Crippen LogP contribution in [0.5, 0.6) is 5.88 Å². The second kappa shape index (κ2) is 30.4. The molecule has 0 aliphatic heterocycles. The van der Waals surface area contributed by atoms with Gasteiger partial charge in [0.05, 0.1) is 24.2 Å². The molecule has 11 rings (SSSR count). The molecule has 2 aliphatic carbocycles. The van der Waals surface area contributed by atoms with E-state index in [0.29, 0.717) is 68.6 Å². The molecular weight excluding hydrogens is 1340 g/mol. The van der Waals surface area contributed by atoms with Gasteiger partial charge in [-0.15, -0.1) is 4.98 Å². The first kappa shape index (κ1) is 71.3. The van der Waals surface area contributed by atoms with Gasteiger partial charge in [0, 0.05) is 77.5 Å². The number of nitrogens with zero attached hydrogens (tertiary/aromatic N) is 10. The Kier molecular flexibility index (Phi) is 22.1. The lowest BCUT2D eigenvalue weighted by atomic mass is 9.92. The Labute approximate surface area is 561 Å². The zero-order valence-corrected chi connectivity index (χ0v) is 55.8. The van der Waals surface area contributed by atoms with Crippen molar-refractivity contribution in [3.8, 4) is 39.3 Å². The molecular formula is C65H62F4N16O10S3. The van der Waals surface area contributed by atoms with Crippen LogP contribution in [0, 0.1) is 34.3 Å². The van der Waals surface area contributed by atoms with E-state index in [2.05, 4.69) is 65.7 Å². The number of benzene rings is 3. The molecule has 6 N–H and O–H groups in total. The summed E-state index contributed by atoms with van der Waals surface area (Å²) in [6.45, 7) is 18.4. The third-order valence-corrected chi connectivity index (χ3v) is 18.8. The number of alkyl halides is 4. The van der Waals surface area contributed by atoms with Crippen molar-refractivity contribution < 1.29 is 61.9 Å². The van der Waals surface area contributed by atoms with Gasteiger partial charge < -0.3 is 25.5 Å². The molecule has 33 heteroatoms. The number of nitrogens with one attached hydrogen (secondary N) is 6. The molecule has 0 bridgehead atoms. The fourth-order valence-corrected chi connectivity index (χ4v) is 14.0. The van der Waals surface area contributed by atoms with Gasteiger partial charge >= 0.3 is 28.1 Å². The number of sulfonamides is 3. The Hall–Kier alpha value is -11.0. The maximum atomic E-state index is 13.2. The number of amides is 6. The number of aromatic nitrogens is 9. The largest absolute Gasteiger partial charge is 0.481 e. The zero-order valence-electron chi connectivity index (χ0n) is 53.3. The van der Waals surface area contributed by atoms with Crippen LogP contribution in [-0.4, -0.2) is 95.3 Å². The van der Waals surface area contributed by atoms with E-state index in [0.717, 1.165) is 101 Å². The van der Waals surface area contributed by atoms with Crippen molar-refractivity contribution >= 4 is 71.0 Å². The Balaban J connectivity index is 0.000000172. The van der Waals surface area contributed by atoms with E-state index in [1.807, 2.05) is 62.7 Å². The third-order valence-electron chi connectivity index (χ3n) is 15.2. The van der Waals surface area contributed by atoms with Crippen molar-refractivity contribution in [3.05, 3.63) is 196 Å². The number of halogens is 4. The normalized spacial score (nSPS) is 12.4. The molecule has 6 aromatic heterocycles. The van der Waals surface area contributed by atoms with Gasteiger partial charge in [0.1, 0.15) is 17.6 Å². The molecule has 26 nitrogen and oxygen atoms in total. The molecule has 0 saturated heterocycles. The monoisotopic (exact) mass is 1400 g/mol. The quantitative estimate of drug-likeness (QED) is 0.0297. The first-order valence-corrected chi connectivity index (χ1v) is 34.2. The second-order valence-corrected chi connectivity index (χ2v) is 27.2. The van der Waals surface area contributed by atoms with Gasteiger partial charge in [0.25, 0.3) is 43.9 Å². The van der Waals surface area contributed by atoms with E-state index in [1.165, 1.54) is 13.3 Å². The predicted molar refractivity (Wildman–Crippen MR) is 353 cm³/mol. The van der Waals surface area contributed by atoms with E-state index in [1.54, 1.807) is 84.3 Å². The van der Waals surface area contributed by atoms with Crippen molar-refractivity contribution in [1.82, 2.24) is 59.0 Å². The van der Waals surface area contributed by atoms with Crippen LogP contribution in [0.4, 0.5) is 54.8 Å². The summed E-state index contributed by atoms with van der Waals surface area (Å²) in [5.74, 6) is 0.610. The molecule has 0 atom stereocenters.